The Hall–Kier alpha value is -2.80. The predicted molar refractivity (Wildman–Crippen MR) is 112 cm³/mol. The number of alkyl halides is 3. The van der Waals surface area contributed by atoms with Crippen LogP contribution in [0.4, 0.5) is 13.2 Å². The standard InChI is InChI=1S/C23H21ClF3N3O/c1-14(19-9-2-5-15-6-3-10-20(15)19)22(31)28-13-18-12-21(23(25,26)27)29-30(18)17-8-4-7-16(24)11-17/h2,4-5,7-9,11-12,14H,3,6,10,13H2,1H3,(H,28,31). The fourth-order valence-electron chi connectivity index (χ4n) is 4.04. The summed E-state index contributed by atoms with van der Waals surface area (Å²) in [6.45, 7) is 1.73. The van der Waals surface area contributed by atoms with Gasteiger partial charge in [-0.1, -0.05) is 35.9 Å². The van der Waals surface area contributed by atoms with Crippen molar-refractivity contribution in [2.24, 2.45) is 0 Å². The zero-order valence-electron chi connectivity index (χ0n) is 16.8. The second-order valence-electron chi connectivity index (χ2n) is 7.69. The van der Waals surface area contributed by atoms with Crippen molar-refractivity contribution in [3.63, 3.8) is 0 Å². The number of carbonyl (C=O) groups excluding carboxylic acids is 1. The molecule has 0 spiro atoms. The molecular formula is C23H21ClF3N3O. The smallest absolute Gasteiger partial charge is 0.350 e. The lowest BCUT2D eigenvalue weighted by Crippen LogP contribution is -2.29. The number of benzene rings is 2. The average Bonchev–Trinajstić information content (AvgIpc) is 3.38. The molecular weight excluding hydrogens is 427 g/mol. The van der Waals surface area contributed by atoms with E-state index >= 15 is 0 Å². The summed E-state index contributed by atoms with van der Waals surface area (Å²) in [6, 6.07) is 13.3. The number of nitrogens with zero attached hydrogens (tertiary/aromatic N) is 2. The number of nitrogens with one attached hydrogen (secondary N) is 1. The van der Waals surface area contributed by atoms with E-state index < -0.39 is 17.8 Å². The van der Waals surface area contributed by atoms with E-state index in [1.807, 2.05) is 19.1 Å². The molecule has 4 rings (SSSR count). The first-order valence-corrected chi connectivity index (χ1v) is 10.4. The first-order valence-electron chi connectivity index (χ1n) is 10.0. The molecule has 3 aromatic rings. The highest BCUT2D eigenvalue weighted by Crippen LogP contribution is 2.31. The average molecular weight is 448 g/mol. The molecule has 0 bridgehead atoms. The molecule has 0 saturated carbocycles. The topological polar surface area (TPSA) is 46.9 Å². The van der Waals surface area contributed by atoms with Crippen molar-refractivity contribution >= 4 is 17.5 Å². The van der Waals surface area contributed by atoms with Crippen LogP contribution in [0.1, 0.15) is 47.3 Å². The van der Waals surface area contributed by atoms with Gasteiger partial charge in [-0.15, -0.1) is 0 Å². The number of hydrogen-bond donors (Lipinski definition) is 1. The zero-order chi connectivity index (χ0) is 22.2. The van der Waals surface area contributed by atoms with Gasteiger partial charge in [0.2, 0.25) is 5.91 Å². The molecule has 0 saturated heterocycles. The van der Waals surface area contributed by atoms with Crippen LogP contribution in [-0.4, -0.2) is 15.7 Å². The summed E-state index contributed by atoms with van der Waals surface area (Å²) in [5.74, 6) is -0.648. The molecule has 31 heavy (non-hydrogen) atoms. The van der Waals surface area contributed by atoms with E-state index in [-0.39, 0.29) is 18.1 Å². The van der Waals surface area contributed by atoms with E-state index in [4.69, 9.17) is 11.6 Å². The molecule has 2 aromatic carbocycles. The number of amides is 1. The van der Waals surface area contributed by atoms with Gasteiger partial charge in [-0.05, 0) is 67.1 Å². The minimum Gasteiger partial charge on any atom is -0.350 e. The maximum absolute atomic E-state index is 13.3. The van der Waals surface area contributed by atoms with Crippen molar-refractivity contribution in [3.05, 3.63) is 81.6 Å². The zero-order valence-corrected chi connectivity index (χ0v) is 17.6. The van der Waals surface area contributed by atoms with Crippen LogP contribution in [-0.2, 0) is 30.4 Å². The van der Waals surface area contributed by atoms with Gasteiger partial charge >= 0.3 is 6.18 Å². The van der Waals surface area contributed by atoms with Crippen molar-refractivity contribution in [1.82, 2.24) is 15.1 Å². The van der Waals surface area contributed by atoms with E-state index in [0.717, 1.165) is 30.9 Å². The fourth-order valence-corrected chi connectivity index (χ4v) is 4.23. The first-order chi connectivity index (χ1) is 14.7. The van der Waals surface area contributed by atoms with Gasteiger partial charge in [0.1, 0.15) is 0 Å². The maximum Gasteiger partial charge on any atom is 0.435 e. The van der Waals surface area contributed by atoms with Crippen molar-refractivity contribution in [2.45, 2.75) is 44.8 Å². The SMILES string of the molecule is CC(C(=O)NCc1cc(C(F)(F)F)nn1-c1cccc(Cl)c1)c1cccc2c1CCC2. The number of rotatable bonds is 5. The van der Waals surface area contributed by atoms with Crippen molar-refractivity contribution < 1.29 is 18.0 Å². The number of aromatic nitrogens is 2. The molecule has 1 unspecified atom stereocenters. The van der Waals surface area contributed by atoms with Crippen molar-refractivity contribution in [1.29, 1.82) is 0 Å². The third-order valence-electron chi connectivity index (χ3n) is 5.61. The summed E-state index contributed by atoms with van der Waals surface area (Å²) < 4.78 is 41.0. The van der Waals surface area contributed by atoms with Crippen LogP contribution in [0.2, 0.25) is 5.02 Å². The second kappa shape index (κ2) is 8.38. The van der Waals surface area contributed by atoms with E-state index in [1.54, 1.807) is 18.2 Å². The molecule has 162 valence electrons. The molecule has 8 heteroatoms. The summed E-state index contributed by atoms with van der Waals surface area (Å²) in [4.78, 5) is 12.8. The molecule has 0 radical (unpaired) electrons. The first kappa shape index (κ1) is 21.4. The normalized spacial score (nSPS) is 14.4. The number of fused-ring (bicyclic) bond motifs is 1. The van der Waals surface area contributed by atoms with Gasteiger partial charge in [0.05, 0.1) is 23.8 Å². The predicted octanol–water partition coefficient (Wildman–Crippen LogP) is 5.45. The largest absolute Gasteiger partial charge is 0.435 e. The molecule has 1 N–H and O–H groups in total. The molecule has 1 amide bonds. The second-order valence-corrected chi connectivity index (χ2v) is 8.12. The van der Waals surface area contributed by atoms with Crippen LogP contribution in [0, 0.1) is 0 Å². The number of hydrogen-bond acceptors (Lipinski definition) is 2. The van der Waals surface area contributed by atoms with Gasteiger partial charge in [0.25, 0.3) is 0 Å². The fraction of sp³-hybridized carbons (Fsp3) is 0.304. The van der Waals surface area contributed by atoms with Crippen LogP contribution in [0.25, 0.3) is 5.69 Å². The molecule has 1 aromatic heterocycles. The van der Waals surface area contributed by atoms with Crippen molar-refractivity contribution in [3.8, 4) is 5.69 Å². The highest BCUT2D eigenvalue weighted by Gasteiger charge is 2.35. The summed E-state index contributed by atoms with van der Waals surface area (Å²) >= 11 is 5.99. The molecule has 1 heterocycles. The lowest BCUT2D eigenvalue weighted by Gasteiger charge is -2.16. The van der Waals surface area contributed by atoms with E-state index in [0.29, 0.717) is 10.7 Å². The Kier molecular flexibility index (Phi) is 5.79. The number of aryl methyl sites for hydroxylation is 1. The Bertz CT molecular complexity index is 1120. The van der Waals surface area contributed by atoms with Crippen molar-refractivity contribution in [2.75, 3.05) is 0 Å². The van der Waals surface area contributed by atoms with E-state index in [2.05, 4.69) is 16.5 Å². The number of carbonyl (C=O) groups is 1. The maximum atomic E-state index is 13.3. The minimum absolute atomic E-state index is 0.0895. The van der Waals surface area contributed by atoms with Crippen LogP contribution in [0.3, 0.4) is 0 Å². The number of halogens is 4. The Balaban J connectivity index is 1.57. The van der Waals surface area contributed by atoms with Crippen LogP contribution in [0.15, 0.2) is 48.5 Å². The van der Waals surface area contributed by atoms with Gasteiger partial charge < -0.3 is 5.32 Å². The Morgan fingerprint density at radius 3 is 2.71 bits per heavy atom. The molecule has 1 aliphatic carbocycles. The Morgan fingerprint density at radius 1 is 1.19 bits per heavy atom. The summed E-state index contributed by atoms with van der Waals surface area (Å²) in [5.41, 5.74) is 3.05. The van der Waals surface area contributed by atoms with Gasteiger partial charge in [0, 0.05) is 5.02 Å². The van der Waals surface area contributed by atoms with E-state index in [9.17, 15) is 18.0 Å². The van der Waals surface area contributed by atoms with Crippen LogP contribution < -0.4 is 5.32 Å². The summed E-state index contributed by atoms with van der Waals surface area (Å²) in [6.07, 6.45) is -1.57. The summed E-state index contributed by atoms with van der Waals surface area (Å²) in [5, 5.41) is 6.86. The van der Waals surface area contributed by atoms with Crippen LogP contribution in [0.5, 0.6) is 0 Å². The Morgan fingerprint density at radius 2 is 1.97 bits per heavy atom. The van der Waals surface area contributed by atoms with Crippen LogP contribution >= 0.6 is 11.6 Å². The highest BCUT2D eigenvalue weighted by atomic mass is 35.5. The lowest BCUT2D eigenvalue weighted by atomic mass is 9.93. The monoisotopic (exact) mass is 447 g/mol. The van der Waals surface area contributed by atoms with Gasteiger partial charge in [0.15, 0.2) is 5.69 Å². The Labute approximate surface area is 183 Å². The summed E-state index contributed by atoms with van der Waals surface area (Å²) in [7, 11) is 0. The van der Waals surface area contributed by atoms with E-state index in [1.165, 1.54) is 21.9 Å². The minimum atomic E-state index is -4.60. The highest BCUT2D eigenvalue weighted by molar-refractivity contribution is 6.30. The van der Waals surface area contributed by atoms with Gasteiger partial charge in [-0.2, -0.15) is 18.3 Å². The molecule has 4 nitrogen and oxygen atoms in total. The third-order valence-corrected chi connectivity index (χ3v) is 5.85. The van der Waals surface area contributed by atoms with Gasteiger partial charge in [-0.25, -0.2) is 4.68 Å². The molecule has 0 aliphatic heterocycles. The quantitative estimate of drug-likeness (QED) is 0.565. The lowest BCUT2D eigenvalue weighted by molar-refractivity contribution is -0.141. The molecule has 1 aliphatic rings. The third kappa shape index (κ3) is 4.46. The molecule has 0 fully saturated rings. The van der Waals surface area contributed by atoms with Gasteiger partial charge in [-0.3, -0.25) is 4.79 Å². The molecule has 1 atom stereocenters.